The maximum atomic E-state index is 14.0. The fourth-order valence-electron chi connectivity index (χ4n) is 3.20. The number of nitrogens with zero attached hydrogens (tertiary/aromatic N) is 2. The molecule has 2 N–H and O–H groups in total. The van der Waals surface area contributed by atoms with E-state index in [2.05, 4.69) is 5.10 Å². The molecule has 33 heavy (non-hydrogen) atoms. The molecule has 0 atom stereocenters. The van der Waals surface area contributed by atoms with Crippen molar-refractivity contribution < 1.29 is 31.1 Å². The number of hydrogen-bond donors (Lipinski definition) is 2. The molecule has 1 aromatic heterocycles. The fourth-order valence-corrected chi connectivity index (χ4v) is 3.20. The lowest BCUT2D eigenvalue weighted by molar-refractivity contribution is -0.296. The number of alkyl halides is 6. The molecule has 0 bridgehead atoms. The molecule has 0 saturated heterocycles. The van der Waals surface area contributed by atoms with Gasteiger partial charge in [0.05, 0.1) is 11.4 Å². The highest BCUT2D eigenvalue weighted by atomic mass is 19.4. The number of para-hydroxylation sites is 1. The molecule has 0 saturated carbocycles. The van der Waals surface area contributed by atoms with E-state index in [4.69, 9.17) is 0 Å². The van der Waals surface area contributed by atoms with Gasteiger partial charge in [-0.25, -0.2) is 4.68 Å². The highest BCUT2D eigenvalue weighted by Crippen LogP contribution is 2.44. The topological polar surface area (TPSA) is 58.9 Å². The minimum Gasteiger partial charge on any atom is -0.332 e. The average molecular weight is 470 g/mol. The Morgan fingerprint density at radius 2 is 1.45 bits per heavy atom. The largest absolute Gasteiger partial charge is 0.439 e. The third-order valence-electron chi connectivity index (χ3n) is 4.81. The molecule has 0 unspecified atom stereocenters. The maximum absolute atomic E-state index is 14.0. The minimum absolute atomic E-state index is 0.0283. The van der Waals surface area contributed by atoms with Gasteiger partial charge in [0.2, 0.25) is 5.91 Å². The number of anilines is 1. The minimum atomic E-state index is -5.92. The summed E-state index contributed by atoms with van der Waals surface area (Å²) in [5, 5.41) is 6.67. The van der Waals surface area contributed by atoms with Crippen molar-refractivity contribution in [1.82, 2.24) is 15.1 Å². The zero-order valence-corrected chi connectivity index (χ0v) is 17.3. The summed E-state index contributed by atoms with van der Waals surface area (Å²) in [5.74, 6) is -2.00. The number of benzene rings is 2. The molecule has 3 rings (SSSR count). The van der Waals surface area contributed by atoms with Crippen molar-refractivity contribution >= 4 is 11.7 Å². The fraction of sp³-hybridized carbons (Fsp3) is 0.273. The summed E-state index contributed by atoms with van der Waals surface area (Å²) in [5.41, 5.74) is -3.72. The summed E-state index contributed by atoms with van der Waals surface area (Å²) in [6.07, 6.45) is -12.4. The first-order chi connectivity index (χ1) is 15.4. The van der Waals surface area contributed by atoms with E-state index in [1.165, 1.54) is 29.7 Å². The van der Waals surface area contributed by atoms with E-state index in [9.17, 15) is 31.1 Å². The van der Waals surface area contributed by atoms with Crippen molar-refractivity contribution in [3.05, 3.63) is 78.0 Å². The number of amides is 1. The molecule has 2 aromatic carbocycles. The predicted molar refractivity (Wildman–Crippen MR) is 110 cm³/mol. The zero-order valence-electron chi connectivity index (χ0n) is 17.3. The van der Waals surface area contributed by atoms with Gasteiger partial charge in [0.25, 0.3) is 0 Å². The van der Waals surface area contributed by atoms with E-state index in [1.54, 1.807) is 48.5 Å². The van der Waals surface area contributed by atoms with Gasteiger partial charge in [-0.3, -0.25) is 4.79 Å². The number of aryl methyl sites for hydroxylation is 2. The highest BCUT2D eigenvalue weighted by molar-refractivity contribution is 5.78. The Hall–Kier alpha value is -3.50. The van der Waals surface area contributed by atoms with Crippen LogP contribution in [-0.4, -0.2) is 33.7 Å². The van der Waals surface area contributed by atoms with E-state index < -0.39 is 36.2 Å². The number of nitrogens with one attached hydrogen (secondary N) is 2. The summed E-state index contributed by atoms with van der Waals surface area (Å²) < 4.78 is 84.9. The van der Waals surface area contributed by atoms with Crippen molar-refractivity contribution in [2.75, 3.05) is 5.32 Å². The molecule has 0 aliphatic carbocycles. The third kappa shape index (κ3) is 5.29. The number of aromatic nitrogens is 2. The molecular weight excluding hydrogens is 450 g/mol. The predicted octanol–water partition coefficient (Wildman–Crippen LogP) is 5.16. The van der Waals surface area contributed by atoms with E-state index in [0.717, 1.165) is 10.7 Å². The molecule has 0 aliphatic heterocycles. The Morgan fingerprint density at radius 1 is 0.909 bits per heavy atom. The summed E-state index contributed by atoms with van der Waals surface area (Å²) >= 11 is 0. The van der Waals surface area contributed by atoms with Crippen LogP contribution in [0.5, 0.6) is 0 Å². The second kappa shape index (κ2) is 9.16. The van der Waals surface area contributed by atoms with Crippen molar-refractivity contribution in [2.24, 2.45) is 0 Å². The Bertz CT molecular complexity index is 1060. The van der Waals surface area contributed by atoms with E-state index in [-0.39, 0.29) is 17.8 Å². The standard InChI is InChI=1S/C22H20F6N4O/c1-15-14-18(32(31-15)17-10-6-3-7-11-17)29-20(21(23,24)25,22(26,27)28)30-19(33)13-12-16-8-4-2-5-9-16/h2-11,14,29H,12-13H2,1H3,(H,30,33). The van der Waals surface area contributed by atoms with Gasteiger partial charge >= 0.3 is 18.0 Å². The van der Waals surface area contributed by atoms with Crippen molar-refractivity contribution in [2.45, 2.75) is 37.8 Å². The summed E-state index contributed by atoms with van der Waals surface area (Å²) in [6, 6.07) is 17.0. The molecule has 3 aromatic rings. The van der Waals surface area contributed by atoms with Gasteiger partial charge in [-0.05, 0) is 31.0 Å². The summed E-state index contributed by atoms with van der Waals surface area (Å²) in [7, 11) is 0. The molecule has 0 fully saturated rings. The first-order valence-corrected chi connectivity index (χ1v) is 9.81. The van der Waals surface area contributed by atoms with E-state index in [1.807, 2.05) is 0 Å². The van der Waals surface area contributed by atoms with Gasteiger partial charge in [0.1, 0.15) is 5.82 Å². The van der Waals surface area contributed by atoms with Gasteiger partial charge in [-0.2, -0.15) is 31.4 Å². The van der Waals surface area contributed by atoms with Gasteiger partial charge in [0.15, 0.2) is 0 Å². The van der Waals surface area contributed by atoms with Crippen LogP contribution in [0.4, 0.5) is 32.2 Å². The van der Waals surface area contributed by atoms with Crippen LogP contribution >= 0.6 is 0 Å². The Labute approximate surface area is 185 Å². The van der Waals surface area contributed by atoms with Gasteiger partial charge in [-0.1, -0.05) is 48.5 Å². The lowest BCUT2D eigenvalue weighted by Gasteiger charge is -2.38. The van der Waals surface area contributed by atoms with E-state index >= 15 is 0 Å². The Balaban J connectivity index is 1.96. The molecular formula is C22H20F6N4O. The Kier molecular flexibility index (Phi) is 6.71. The first-order valence-electron chi connectivity index (χ1n) is 9.81. The molecule has 0 radical (unpaired) electrons. The summed E-state index contributed by atoms with van der Waals surface area (Å²) in [4.78, 5) is 12.3. The quantitative estimate of drug-likeness (QED) is 0.370. The number of rotatable bonds is 7. The molecule has 1 amide bonds. The lowest BCUT2D eigenvalue weighted by Crippen LogP contribution is -2.72. The van der Waals surface area contributed by atoms with E-state index in [0.29, 0.717) is 5.56 Å². The first kappa shape index (κ1) is 24.1. The summed E-state index contributed by atoms with van der Waals surface area (Å²) in [6.45, 7) is 1.42. The normalized spacial score (nSPS) is 12.5. The van der Waals surface area contributed by atoms with Crippen molar-refractivity contribution in [3.8, 4) is 5.69 Å². The molecule has 176 valence electrons. The average Bonchev–Trinajstić information content (AvgIpc) is 3.11. The third-order valence-corrected chi connectivity index (χ3v) is 4.81. The van der Waals surface area contributed by atoms with Crippen LogP contribution in [0.3, 0.4) is 0 Å². The van der Waals surface area contributed by atoms with Crippen LogP contribution in [0.15, 0.2) is 66.7 Å². The highest BCUT2D eigenvalue weighted by Gasteiger charge is 2.72. The van der Waals surface area contributed by atoms with Crippen LogP contribution in [0.25, 0.3) is 5.69 Å². The van der Waals surface area contributed by atoms with Gasteiger partial charge in [-0.15, -0.1) is 0 Å². The monoisotopic (exact) mass is 470 g/mol. The van der Waals surface area contributed by atoms with Crippen molar-refractivity contribution in [1.29, 1.82) is 0 Å². The van der Waals surface area contributed by atoms with Crippen LogP contribution in [-0.2, 0) is 11.2 Å². The Morgan fingerprint density at radius 3 is 2.00 bits per heavy atom. The SMILES string of the molecule is Cc1cc(NC(NC(=O)CCc2ccccc2)(C(F)(F)F)C(F)(F)F)n(-c2ccccc2)n1. The second-order valence-corrected chi connectivity index (χ2v) is 7.32. The maximum Gasteiger partial charge on any atom is 0.439 e. The van der Waals surface area contributed by atoms with Crippen LogP contribution in [0, 0.1) is 6.92 Å². The molecule has 11 heteroatoms. The lowest BCUT2D eigenvalue weighted by atomic mass is 10.1. The van der Waals surface area contributed by atoms with Gasteiger partial charge < -0.3 is 10.6 Å². The number of carbonyl (C=O) groups is 1. The molecule has 5 nitrogen and oxygen atoms in total. The van der Waals surface area contributed by atoms with Crippen LogP contribution in [0.1, 0.15) is 17.7 Å². The van der Waals surface area contributed by atoms with Crippen LogP contribution in [0.2, 0.25) is 0 Å². The smallest absolute Gasteiger partial charge is 0.332 e. The number of hydrogen-bond acceptors (Lipinski definition) is 3. The molecule has 0 spiro atoms. The van der Waals surface area contributed by atoms with Crippen LogP contribution < -0.4 is 10.6 Å². The second-order valence-electron chi connectivity index (χ2n) is 7.32. The molecule has 1 heterocycles. The number of carbonyl (C=O) groups excluding carboxylic acids is 1. The van der Waals surface area contributed by atoms with Gasteiger partial charge in [0, 0.05) is 12.5 Å². The van der Waals surface area contributed by atoms with Crippen molar-refractivity contribution in [3.63, 3.8) is 0 Å². The molecule has 0 aliphatic rings. The number of halogens is 6. The zero-order chi connectivity index (χ0) is 24.3.